The fraction of sp³-hybridized carbons (Fsp3) is 0.0556. The molecule has 152 valence electrons. The minimum atomic E-state index is -1.29. The van der Waals surface area contributed by atoms with Crippen LogP contribution in [0.4, 0.5) is 5.69 Å². The number of methoxy groups -OCH3 is 1. The number of aromatic amines is 1. The molecule has 3 heterocycles. The largest absolute Gasteiger partial charge is 0.480 e. The maximum atomic E-state index is 13.1. The smallest absolute Gasteiger partial charge is 0.340 e. The van der Waals surface area contributed by atoms with Crippen molar-refractivity contribution in [3.8, 4) is 11.7 Å². The lowest BCUT2D eigenvalue weighted by atomic mass is 10.1. The molecule has 0 atom stereocenters. The monoisotopic (exact) mass is 446 g/mol. The summed E-state index contributed by atoms with van der Waals surface area (Å²) >= 11 is 12.4. The van der Waals surface area contributed by atoms with Crippen LogP contribution in [-0.4, -0.2) is 49.1 Å². The lowest BCUT2D eigenvalue weighted by Gasteiger charge is -2.12. The summed E-state index contributed by atoms with van der Waals surface area (Å²) in [6.45, 7) is 0. The van der Waals surface area contributed by atoms with E-state index >= 15 is 0 Å². The highest BCUT2D eigenvalue weighted by Crippen LogP contribution is 2.33. The summed E-state index contributed by atoms with van der Waals surface area (Å²) in [5.74, 6) is -1.66. The molecule has 1 aromatic carbocycles. The molecule has 0 bridgehead atoms. The van der Waals surface area contributed by atoms with E-state index in [9.17, 15) is 14.7 Å². The highest BCUT2D eigenvalue weighted by Gasteiger charge is 2.25. The average Bonchev–Trinajstić information content (AvgIpc) is 3.35. The zero-order valence-electron chi connectivity index (χ0n) is 15.2. The third-order valence-electron chi connectivity index (χ3n) is 4.21. The molecule has 0 saturated carbocycles. The Kier molecular flexibility index (Phi) is 5.02. The number of carbonyl (C=O) groups excluding carboxylic acids is 1. The molecule has 4 aromatic rings. The van der Waals surface area contributed by atoms with Crippen molar-refractivity contribution in [1.82, 2.24) is 25.0 Å². The summed E-state index contributed by atoms with van der Waals surface area (Å²) in [5, 5.41) is 23.6. The molecule has 3 aromatic heterocycles. The Labute approximate surface area is 178 Å². The van der Waals surface area contributed by atoms with Crippen LogP contribution in [0, 0.1) is 0 Å². The number of rotatable bonds is 5. The van der Waals surface area contributed by atoms with Crippen LogP contribution in [0.2, 0.25) is 10.0 Å². The van der Waals surface area contributed by atoms with Crippen molar-refractivity contribution in [2.75, 3.05) is 12.4 Å². The number of halogens is 2. The van der Waals surface area contributed by atoms with E-state index in [1.807, 2.05) is 0 Å². The van der Waals surface area contributed by atoms with Gasteiger partial charge in [-0.15, -0.1) is 5.10 Å². The minimum Gasteiger partial charge on any atom is -0.480 e. The van der Waals surface area contributed by atoms with Crippen molar-refractivity contribution in [3.63, 3.8) is 0 Å². The molecule has 0 aliphatic rings. The number of nitrogens with one attached hydrogen (secondary N) is 2. The Morgan fingerprint density at radius 2 is 2.07 bits per heavy atom. The van der Waals surface area contributed by atoms with Crippen LogP contribution in [-0.2, 0) is 0 Å². The molecule has 0 radical (unpaired) electrons. The average molecular weight is 447 g/mol. The molecule has 0 aliphatic carbocycles. The number of carbonyl (C=O) groups is 2. The molecule has 0 aliphatic heterocycles. The van der Waals surface area contributed by atoms with Crippen LogP contribution < -0.4 is 10.1 Å². The second-order valence-electron chi connectivity index (χ2n) is 5.99. The number of carboxylic acids is 1. The van der Waals surface area contributed by atoms with Crippen molar-refractivity contribution >= 4 is 51.7 Å². The van der Waals surface area contributed by atoms with Gasteiger partial charge in [0.1, 0.15) is 11.3 Å². The summed E-state index contributed by atoms with van der Waals surface area (Å²) in [5.41, 5.74) is -0.0902. The first-order valence-electron chi connectivity index (χ1n) is 8.36. The highest BCUT2D eigenvalue weighted by molar-refractivity contribution is 6.36. The molecule has 12 heteroatoms. The Morgan fingerprint density at radius 1 is 1.27 bits per heavy atom. The van der Waals surface area contributed by atoms with E-state index in [4.69, 9.17) is 27.9 Å². The van der Waals surface area contributed by atoms with Gasteiger partial charge in [0.05, 0.1) is 34.6 Å². The summed E-state index contributed by atoms with van der Waals surface area (Å²) < 4.78 is 6.31. The Balaban J connectivity index is 1.82. The van der Waals surface area contributed by atoms with Gasteiger partial charge in [-0.05, 0) is 18.2 Å². The van der Waals surface area contributed by atoms with Gasteiger partial charge in [0.25, 0.3) is 5.91 Å². The van der Waals surface area contributed by atoms with Crippen molar-refractivity contribution in [3.05, 3.63) is 58.0 Å². The van der Waals surface area contributed by atoms with Gasteiger partial charge >= 0.3 is 5.97 Å². The van der Waals surface area contributed by atoms with E-state index < -0.39 is 11.9 Å². The molecule has 3 N–H and O–H groups in total. The Morgan fingerprint density at radius 3 is 2.77 bits per heavy atom. The molecule has 0 unspecified atom stereocenters. The van der Waals surface area contributed by atoms with E-state index in [1.165, 1.54) is 36.3 Å². The molecule has 0 saturated heterocycles. The number of pyridine rings is 1. The van der Waals surface area contributed by atoms with E-state index in [0.717, 1.165) is 0 Å². The van der Waals surface area contributed by atoms with Gasteiger partial charge < -0.3 is 15.2 Å². The van der Waals surface area contributed by atoms with Gasteiger partial charge in [-0.25, -0.2) is 14.5 Å². The number of nitrogens with zero attached hydrogens (tertiary/aromatic N) is 4. The standard InChI is InChI=1S/C18H12Cl2N6O4/c1-30-12-6-11(26(25-12)16-9(19)3-2-4-21-16)17(27)23-15-10(20)5-8-7-22-24-14(8)13(15)18(28)29/h2-7H,1H3,(H,22,24)(H,23,27)(H,28,29). The number of benzene rings is 1. The van der Waals surface area contributed by atoms with Crippen LogP contribution in [0.3, 0.4) is 0 Å². The number of carboxylic acid groups (broad SMARTS) is 1. The predicted molar refractivity (Wildman–Crippen MR) is 109 cm³/mol. The molecule has 10 nitrogen and oxygen atoms in total. The van der Waals surface area contributed by atoms with E-state index in [-0.39, 0.29) is 44.2 Å². The fourth-order valence-electron chi connectivity index (χ4n) is 2.89. The number of hydrogen-bond acceptors (Lipinski definition) is 6. The van der Waals surface area contributed by atoms with Crippen molar-refractivity contribution < 1.29 is 19.4 Å². The van der Waals surface area contributed by atoms with Gasteiger partial charge in [0.15, 0.2) is 5.82 Å². The first kappa shape index (κ1) is 19.7. The van der Waals surface area contributed by atoms with Gasteiger partial charge in [-0.1, -0.05) is 23.2 Å². The lowest BCUT2D eigenvalue weighted by Crippen LogP contribution is -2.19. The summed E-state index contributed by atoms with van der Waals surface area (Å²) in [4.78, 5) is 29.1. The van der Waals surface area contributed by atoms with Gasteiger partial charge in [0, 0.05) is 17.6 Å². The first-order valence-corrected chi connectivity index (χ1v) is 9.11. The maximum Gasteiger partial charge on any atom is 0.340 e. The molecule has 1 amide bonds. The summed E-state index contributed by atoms with van der Waals surface area (Å²) in [6.07, 6.45) is 2.92. The van der Waals surface area contributed by atoms with Crippen LogP contribution in [0.5, 0.6) is 5.88 Å². The van der Waals surface area contributed by atoms with Gasteiger partial charge in [-0.2, -0.15) is 5.10 Å². The van der Waals surface area contributed by atoms with Crippen molar-refractivity contribution in [2.45, 2.75) is 0 Å². The second kappa shape index (κ2) is 7.65. The van der Waals surface area contributed by atoms with E-state index in [2.05, 4.69) is 25.6 Å². The molecule has 4 rings (SSSR count). The number of anilines is 1. The number of hydrogen-bond donors (Lipinski definition) is 3. The van der Waals surface area contributed by atoms with Crippen molar-refractivity contribution in [2.24, 2.45) is 0 Å². The lowest BCUT2D eigenvalue weighted by molar-refractivity contribution is 0.0700. The fourth-order valence-corrected chi connectivity index (χ4v) is 3.35. The zero-order chi connectivity index (χ0) is 21.4. The number of amides is 1. The van der Waals surface area contributed by atoms with Crippen LogP contribution in [0.25, 0.3) is 16.7 Å². The predicted octanol–water partition coefficient (Wildman–Crippen LogP) is 3.41. The molecular formula is C18H12Cl2N6O4. The number of aromatic nitrogens is 5. The number of aromatic carboxylic acids is 1. The normalized spacial score (nSPS) is 10.9. The molecule has 30 heavy (non-hydrogen) atoms. The topological polar surface area (TPSA) is 135 Å². The maximum absolute atomic E-state index is 13.1. The van der Waals surface area contributed by atoms with Crippen LogP contribution >= 0.6 is 23.2 Å². The Hall–Kier alpha value is -3.63. The third-order valence-corrected chi connectivity index (χ3v) is 4.80. The molecule has 0 fully saturated rings. The summed E-state index contributed by atoms with van der Waals surface area (Å²) in [6, 6.07) is 6.08. The van der Waals surface area contributed by atoms with Crippen LogP contribution in [0.1, 0.15) is 20.8 Å². The number of ether oxygens (including phenoxy) is 1. The zero-order valence-corrected chi connectivity index (χ0v) is 16.7. The molecular weight excluding hydrogens is 435 g/mol. The summed E-state index contributed by atoms with van der Waals surface area (Å²) in [7, 11) is 1.39. The van der Waals surface area contributed by atoms with E-state index in [1.54, 1.807) is 12.1 Å². The SMILES string of the molecule is COc1cc(C(=O)Nc2c(Cl)cc3cn[nH]c3c2C(=O)O)n(-c2ncccc2Cl)n1. The Bertz CT molecular complexity index is 1300. The number of fused-ring (bicyclic) bond motifs is 1. The van der Waals surface area contributed by atoms with Gasteiger partial charge in [-0.3, -0.25) is 9.89 Å². The minimum absolute atomic E-state index is 0.00423. The van der Waals surface area contributed by atoms with E-state index in [0.29, 0.717) is 5.39 Å². The number of H-pyrrole nitrogens is 1. The first-order chi connectivity index (χ1) is 14.4. The molecule has 0 spiro atoms. The van der Waals surface area contributed by atoms with Crippen LogP contribution in [0.15, 0.2) is 36.7 Å². The highest BCUT2D eigenvalue weighted by atomic mass is 35.5. The third kappa shape index (κ3) is 3.31. The second-order valence-corrected chi connectivity index (χ2v) is 6.81. The van der Waals surface area contributed by atoms with Crippen molar-refractivity contribution in [1.29, 1.82) is 0 Å². The quantitative estimate of drug-likeness (QED) is 0.427. The van der Waals surface area contributed by atoms with Gasteiger partial charge in [0.2, 0.25) is 5.88 Å².